The lowest BCUT2D eigenvalue weighted by molar-refractivity contribution is -0.137. The Hall–Kier alpha value is -3.99. The van der Waals surface area contributed by atoms with Crippen molar-refractivity contribution in [2.75, 3.05) is 43.9 Å². The third-order valence-corrected chi connectivity index (χ3v) is 8.43. The summed E-state index contributed by atoms with van der Waals surface area (Å²) >= 11 is 1.44. The van der Waals surface area contributed by atoms with Crippen molar-refractivity contribution < 1.29 is 22.7 Å². The number of halogens is 3. The molecule has 3 aromatic carbocycles. The lowest BCUT2D eigenvalue weighted by Crippen LogP contribution is -2.48. The summed E-state index contributed by atoms with van der Waals surface area (Å²) in [6.07, 6.45) is -2.09. The lowest BCUT2D eigenvalue weighted by Gasteiger charge is -2.36. The van der Waals surface area contributed by atoms with Crippen LogP contribution in [0.3, 0.4) is 0 Å². The molecule has 0 aliphatic carbocycles. The molecule has 43 heavy (non-hydrogen) atoms. The van der Waals surface area contributed by atoms with Crippen LogP contribution in [0.25, 0.3) is 5.69 Å². The summed E-state index contributed by atoms with van der Waals surface area (Å²) in [5.41, 5.74) is 1.68. The van der Waals surface area contributed by atoms with Crippen molar-refractivity contribution in [2.24, 2.45) is 0 Å². The highest BCUT2D eigenvalue weighted by Gasteiger charge is 2.31. The second-order valence-electron chi connectivity index (χ2n) is 10.3. The topological polar surface area (TPSA) is 63.5 Å². The van der Waals surface area contributed by atoms with Gasteiger partial charge in [0.05, 0.1) is 24.0 Å². The maximum absolute atomic E-state index is 13.5. The van der Waals surface area contributed by atoms with E-state index < -0.39 is 11.7 Å². The summed E-state index contributed by atoms with van der Waals surface area (Å²) in [4.78, 5) is 17.0. The van der Waals surface area contributed by atoms with Crippen LogP contribution in [0.2, 0.25) is 0 Å². The Morgan fingerprint density at radius 2 is 1.65 bits per heavy atom. The minimum absolute atomic E-state index is 0.141. The van der Waals surface area contributed by atoms with Crippen molar-refractivity contribution in [1.29, 1.82) is 0 Å². The number of rotatable bonds is 11. The standard InChI is InChI=1S/C32H34F3N5O2S/c1-42-28-15-6-5-14-27(28)38-17-19-39(20-18-38)30(41)16-7-8-21-43-31-37-36-29(22-24-10-3-2-4-11-24)40(31)26-13-9-12-25(23-26)32(33,34)35/h2-6,9-15,23H,7-8,16-22H2,1H3. The van der Waals surface area contributed by atoms with Crippen molar-refractivity contribution in [2.45, 2.75) is 37.0 Å². The number of piperazine rings is 1. The predicted octanol–water partition coefficient (Wildman–Crippen LogP) is 6.50. The molecule has 0 radical (unpaired) electrons. The molecule has 2 heterocycles. The molecule has 226 valence electrons. The van der Waals surface area contributed by atoms with E-state index in [1.165, 1.54) is 17.8 Å². The second-order valence-corrected chi connectivity index (χ2v) is 11.4. The van der Waals surface area contributed by atoms with E-state index in [-0.39, 0.29) is 5.91 Å². The molecular weight excluding hydrogens is 575 g/mol. The second kappa shape index (κ2) is 14.0. The third-order valence-electron chi connectivity index (χ3n) is 7.41. The van der Waals surface area contributed by atoms with Gasteiger partial charge in [0.1, 0.15) is 11.6 Å². The van der Waals surface area contributed by atoms with E-state index in [9.17, 15) is 18.0 Å². The van der Waals surface area contributed by atoms with Crippen LogP contribution >= 0.6 is 11.8 Å². The van der Waals surface area contributed by atoms with E-state index >= 15 is 0 Å². The number of methoxy groups -OCH3 is 1. The van der Waals surface area contributed by atoms with Crippen LogP contribution in [-0.2, 0) is 17.4 Å². The fourth-order valence-corrected chi connectivity index (χ4v) is 6.12. The Bertz CT molecular complexity index is 1500. The van der Waals surface area contributed by atoms with Gasteiger partial charge in [0, 0.05) is 44.8 Å². The van der Waals surface area contributed by atoms with Crippen LogP contribution in [0.4, 0.5) is 18.9 Å². The predicted molar refractivity (Wildman–Crippen MR) is 162 cm³/mol. The van der Waals surface area contributed by atoms with Gasteiger partial charge in [-0.25, -0.2) is 0 Å². The molecule has 7 nitrogen and oxygen atoms in total. The van der Waals surface area contributed by atoms with Gasteiger partial charge in [-0.05, 0) is 48.7 Å². The largest absolute Gasteiger partial charge is 0.495 e. The number of alkyl halides is 3. The number of nitrogens with zero attached hydrogens (tertiary/aromatic N) is 5. The van der Waals surface area contributed by atoms with Crippen molar-refractivity contribution in [3.8, 4) is 11.4 Å². The van der Waals surface area contributed by atoms with Gasteiger partial charge in [0.2, 0.25) is 5.91 Å². The number of benzene rings is 3. The zero-order valence-corrected chi connectivity index (χ0v) is 24.8. The number of carbonyl (C=O) groups excluding carboxylic acids is 1. The molecule has 1 saturated heterocycles. The third kappa shape index (κ3) is 7.70. The van der Waals surface area contributed by atoms with Crippen LogP contribution in [0.1, 0.15) is 36.2 Å². The number of hydrogen-bond acceptors (Lipinski definition) is 6. The summed E-state index contributed by atoms with van der Waals surface area (Å²) in [6.45, 7) is 2.82. The van der Waals surface area contributed by atoms with E-state index in [2.05, 4.69) is 15.1 Å². The highest BCUT2D eigenvalue weighted by Crippen LogP contribution is 2.32. The molecule has 5 rings (SSSR count). The number of ether oxygens (including phenoxy) is 1. The zero-order chi connectivity index (χ0) is 30.2. The summed E-state index contributed by atoms with van der Waals surface area (Å²) in [6, 6.07) is 22.8. The van der Waals surface area contributed by atoms with Gasteiger partial charge in [-0.3, -0.25) is 9.36 Å². The number of thioether (sulfide) groups is 1. The van der Waals surface area contributed by atoms with Crippen molar-refractivity contribution in [3.05, 3.63) is 95.8 Å². The van der Waals surface area contributed by atoms with Gasteiger partial charge in [-0.2, -0.15) is 13.2 Å². The number of aromatic nitrogens is 3. The van der Waals surface area contributed by atoms with Crippen LogP contribution in [0, 0.1) is 0 Å². The summed E-state index contributed by atoms with van der Waals surface area (Å²) in [7, 11) is 1.66. The van der Waals surface area contributed by atoms with Crippen LogP contribution in [-0.4, -0.2) is 64.6 Å². The van der Waals surface area contributed by atoms with Crippen molar-refractivity contribution >= 4 is 23.4 Å². The highest BCUT2D eigenvalue weighted by atomic mass is 32.2. The molecule has 1 amide bonds. The first kappa shape index (κ1) is 30.5. The molecule has 1 aliphatic heterocycles. The fourth-order valence-electron chi connectivity index (χ4n) is 5.16. The molecule has 0 atom stereocenters. The SMILES string of the molecule is COc1ccccc1N1CCN(C(=O)CCCCSc2nnc(Cc3ccccc3)n2-c2cccc(C(F)(F)F)c2)CC1. The Kier molecular flexibility index (Phi) is 9.91. The molecule has 0 unspecified atom stereocenters. The maximum atomic E-state index is 13.5. The maximum Gasteiger partial charge on any atom is 0.416 e. The van der Waals surface area contributed by atoms with Crippen molar-refractivity contribution in [1.82, 2.24) is 19.7 Å². The van der Waals surface area contributed by atoms with Gasteiger partial charge in [-0.15, -0.1) is 10.2 Å². The van der Waals surface area contributed by atoms with Crippen molar-refractivity contribution in [3.63, 3.8) is 0 Å². The quantitative estimate of drug-likeness (QED) is 0.143. The summed E-state index contributed by atoms with van der Waals surface area (Å²) in [5, 5.41) is 9.21. The van der Waals surface area contributed by atoms with Gasteiger partial charge in [0.15, 0.2) is 5.16 Å². The number of carbonyl (C=O) groups is 1. The fraction of sp³-hybridized carbons (Fsp3) is 0.344. The number of unbranched alkanes of at least 4 members (excludes halogenated alkanes) is 1. The van der Waals surface area contributed by atoms with E-state index in [1.807, 2.05) is 59.5 Å². The Morgan fingerprint density at radius 3 is 2.40 bits per heavy atom. The molecule has 4 aromatic rings. The highest BCUT2D eigenvalue weighted by molar-refractivity contribution is 7.99. The first-order valence-corrected chi connectivity index (χ1v) is 15.3. The average molecular weight is 610 g/mol. The zero-order valence-electron chi connectivity index (χ0n) is 24.0. The molecule has 0 bridgehead atoms. The molecule has 0 spiro atoms. The Labute approximate surface area is 253 Å². The van der Waals surface area contributed by atoms with E-state index in [1.54, 1.807) is 17.7 Å². The molecule has 1 aliphatic rings. The Balaban J connectivity index is 1.16. The number of hydrogen-bond donors (Lipinski definition) is 0. The first-order valence-electron chi connectivity index (χ1n) is 14.3. The smallest absolute Gasteiger partial charge is 0.416 e. The average Bonchev–Trinajstić information content (AvgIpc) is 3.42. The minimum Gasteiger partial charge on any atom is -0.495 e. The summed E-state index contributed by atoms with van der Waals surface area (Å²) < 4.78 is 47.7. The molecule has 0 N–H and O–H groups in total. The normalized spacial score (nSPS) is 13.8. The number of para-hydroxylation sites is 2. The molecule has 1 fully saturated rings. The van der Waals surface area contributed by atoms with E-state index in [0.29, 0.717) is 54.8 Å². The first-order chi connectivity index (χ1) is 20.8. The van der Waals surface area contributed by atoms with Gasteiger partial charge >= 0.3 is 6.18 Å². The number of anilines is 1. The van der Waals surface area contributed by atoms with Gasteiger partial charge < -0.3 is 14.5 Å². The minimum atomic E-state index is -4.45. The van der Waals surface area contributed by atoms with Gasteiger partial charge in [-0.1, -0.05) is 60.3 Å². The molecular formula is C32H34F3N5O2S. The van der Waals surface area contributed by atoms with Crippen LogP contribution in [0.15, 0.2) is 84.0 Å². The summed E-state index contributed by atoms with van der Waals surface area (Å²) in [5.74, 6) is 2.20. The van der Waals surface area contributed by atoms with E-state index in [0.717, 1.165) is 48.6 Å². The van der Waals surface area contributed by atoms with E-state index in [4.69, 9.17) is 4.74 Å². The molecule has 0 saturated carbocycles. The number of amides is 1. The van der Waals surface area contributed by atoms with Gasteiger partial charge in [0.25, 0.3) is 0 Å². The monoisotopic (exact) mass is 609 g/mol. The van der Waals surface area contributed by atoms with Crippen LogP contribution < -0.4 is 9.64 Å². The molecule has 1 aromatic heterocycles. The lowest BCUT2D eigenvalue weighted by atomic mass is 10.1. The Morgan fingerprint density at radius 1 is 0.907 bits per heavy atom. The molecule has 11 heteroatoms. The van der Waals surface area contributed by atoms with Crippen LogP contribution in [0.5, 0.6) is 5.75 Å².